The highest BCUT2D eigenvalue weighted by atomic mass is 28.4. The summed E-state index contributed by atoms with van der Waals surface area (Å²) in [7, 11) is -2.13. The number of hydrogen-bond donors (Lipinski definition) is 0. The maximum absolute atomic E-state index is 11.9. The Balaban J connectivity index is 4.07. The fraction of sp³-hybridized carbons (Fsp3) is 1.00. The second-order valence-corrected chi connectivity index (χ2v) is 4.20. The van der Waals surface area contributed by atoms with Crippen LogP contribution in [0.25, 0.3) is 0 Å². The third-order valence-electron chi connectivity index (χ3n) is 1.16. The molecule has 0 aliphatic heterocycles. The van der Waals surface area contributed by atoms with E-state index in [2.05, 4.69) is 4.43 Å². The van der Waals surface area contributed by atoms with Crippen LogP contribution in [0, 0.1) is 0 Å². The Hall–Kier alpha value is -0.0831. The van der Waals surface area contributed by atoms with E-state index in [0.717, 1.165) is 0 Å². The summed E-state index contributed by atoms with van der Waals surface area (Å²) < 4.78 is 42.9. The van der Waals surface area contributed by atoms with E-state index in [-0.39, 0.29) is 13.2 Å². The first kappa shape index (κ1) is 12.9. The third-order valence-corrected chi connectivity index (χ3v) is 3.32. The summed E-state index contributed by atoms with van der Waals surface area (Å²) in [5.41, 5.74) is 0. The molecule has 0 saturated heterocycles. The molecule has 0 fully saturated rings. The largest absolute Gasteiger partial charge is 0.681 e. The molecule has 1 unspecified atom stereocenters. The zero-order valence-corrected chi connectivity index (χ0v) is 8.72. The molecule has 0 rings (SSSR count). The lowest BCUT2D eigenvalue weighted by atomic mass is 10.9. The standard InChI is InChI=1S/C6H14F2O4Si/c1-3-10-13(9-2,12-6-8)11-5-4-7/h3-6H2,1-2H3. The highest BCUT2D eigenvalue weighted by molar-refractivity contribution is 6.53. The van der Waals surface area contributed by atoms with Crippen LogP contribution in [0.4, 0.5) is 8.78 Å². The first-order chi connectivity index (χ1) is 6.24. The average molecular weight is 216 g/mol. The van der Waals surface area contributed by atoms with Gasteiger partial charge in [0.15, 0.2) is 6.86 Å². The van der Waals surface area contributed by atoms with Gasteiger partial charge in [-0.2, -0.15) is 0 Å². The summed E-state index contributed by atoms with van der Waals surface area (Å²) in [6.07, 6.45) is 0. The molecule has 0 aromatic heterocycles. The maximum Gasteiger partial charge on any atom is 0.681 e. The maximum atomic E-state index is 11.9. The van der Waals surface area contributed by atoms with E-state index in [1.165, 1.54) is 7.11 Å². The van der Waals surface area contributed by atoms with Crippen molar-refractivity contribution in [3.8, 4) is 0 Å². The quantitative estimate of drug-likeness (QED) is 0.568. The van der Waals surface area contributed by atoms with Crippen molar-refractivity contribution in [1.82, 2.24) is 0 Å². The molecule has 13 heavy (non-hydrogen) atoms. The molecular formula is C6H14F2O4Si. The van der Waals surface area contributed by atoms with Crippen LogP contribution in [0.5, 0.6) is 0 Å². The Morgan fingerprint density at radius 2 is 1.85 bits per heavy atom. The molecule has 0 aromatic rings. The van der Waals surface area contributed by atoms with Crippen LogP contribution in [0.1, 0.15) is 6.92 Å². The zero-order valence-electron chi connectivity index (χ0n) is 7.72. The van der Waals surface area contributed by atoms with Crippen molar-refractivity contribution in [2.24, 2.45) is 0 Å². The van der Waals surface area contributed by atoms with Gasteiger partial charge >= 0.3 is 9.05 Å². The topological polar surface area (TPSA) is 36.9 Å². The monoisotopic (exact) mass is 216 g/mol. The summed E-state index contributed by atoms with van der Waals surface area (Å²) in [5.74, 6) is 0. The minimum atomic E-state index is -3.41. The van der Waals surface area contributed by atoms with Crippen molar-refractivity contribution in [1.29, 1.82) is 0 Å². The van der Waals surface area contributed by atoms with Crippen LogP contribution in [0.3, 0.4) is 0 Å². The summed E-state index contributed by atoms with van der Waals surface area (Å²) in [5, 5.41) is 0. The summed E-state index contributed by atoms with van der Waals surface area (Å²) >= 11 is 0. The van der Waals surface area contributed by atoms with Crippen LogP contribution in [0.15, 0.2) is 0 Å². The van der Waals surface area contributed by atoms with Crippen molar-refractivity contribution in [3.05, 3.63) is 0 Å². The molecule has 80 valence electrons. The highest BCUT2D eigenvalue weighted by Gasteiger charge is 2.44. The minimum absolute atomic E-state index is 0.222. The molecule has 0 radical (unpaired) electrons. The van der Waals surface area contributed by atoms with Crippen molar-refractivity contribution in [2.45, 2.75) is 6.92 Å². The number of alkyl halides is 2. The van der Waals surface area contributed by atoms with Crippen molar-refractivity contribution in [3.63, 3.8) is 0 Å². The van der Waals surface area contributed by atoms with Gasteiger partial charge in [0, 0.05) is 13.7 Å². The second kappa shape index (κ2) is 7.33. The smallest absolute Gasteiger partial charge is 0.355 e. The van der Waals surface area contributed by atoms with Gasteiger partial charge in [-0.15, -0.1) is 0 Å². The Morgan fingerprint density at radius 3 is 2.23 bits per heavy atom. The summed E-state index contributed by atoms with van der Waals surface area (Å²) in [6.45, 7) is -0.0548. The van der Waals surface area contributed by atoms with E-state index in [1.54, 1.807) is 6.92 Å². The van der Waals surface area contributed by atoms with Gasteiger partial charge in [-0.1, -0.05) is 0 Å². The molecule has 0 heterocycles. The SMILES string of the molecule is CCO[Si](OC)(OCF)OCCF. The number of halogens is 2. The van der Waals surface area contributed by atoms with Crippen LogP contribution in [0.2, 0.25) is 0 Å². The van der Waals surface area contributed by atoms with Gasteiger partial charge in [0.25, 0.3) is 0 Å². The second-order valence-electron chi connectivity index (χ2n) is 1.93. The first-order valence-electron chi connectivity index (χ1n) is 3.83. The number of hydrogen-bond acceptors (Lipinski definition) is 4. The van der Waals surface area contributed by atoms with Crippen LogP contribution in [-0.2, 0) is 17.7 Å². The van der Waals surface area contributed by atoms with Crippen molar-refractivity contribution in [2.75, 3.05) is 33.9 Å². The normalized spacial score (nSPS) is 15.7. The van der Waals surface area contributed by atoms with Crippen molar-refractivity contribution < 1.29 is 26.5 Å². The first-order valence-corrected chi connectivity index (χ1v) is 5.47. The Kier molecular flexibility index (Phi) is 7.29. The molecule has 0 bridgehead atoms. The van der Waals surface area contributed by atoms with Crippen LogP contribution in [-0.4, -0.2) is 42.9 Å². The lowest BCUT2D eigenvalue weighted by molar-refractivity contribution is -0.0413. The van der Waals surface area contributed by atoms with E-state index in [0.29, 0.717) is 0 Å². The van der Waals surface area contributed by atoms with Gasteiger partial charge in [0.2, 0.25) is 0 Å². The molecule has 4 nitrogen and oxygen atoms in total. The zero-order chi connectivity index (χ0) is 10.2. The fourth-order valence-corrected chi connectivity index (χ4v) is 2.13. The fourth-order valence-electron chi connectivity index (χ4n) is 0.709. The predicted molar refractivity (Wildman–Crippen MR) is 43.4 cm³/mol. The molecule has 0 aliphatic rings. The van der Waals surface area contributed by atoms with Gasteiger partial charge < -0.3 is 17.7 Å². The molecule has 0 spiro atoms. The molecular weight excluding hydrogens is 202 g/mol. The molecule has 0 saturated carbocycles. The molecule has 0 N–H and O–H groups in total. The van der Waals surface area contributed by atoms with Gasteiger partial charge in [0.05, 0.1) is 6.61 Å². The van der Waals surface area contributed by atoms with E-state index >= 15 is 0 Å². The summed E-state index contributed by atoms with van der Waals surface area (Å²) in [6, 6.07) is 0. The van der Waals surface area contributed by atoms with Gasteiger partial charge in [-0.3, -0.25) is 0 Å². The highest BCUT2D eigenvalue weighted by Crippen LogP contribution is 2.10. The lowest BCUT2D eigenvalue weighted by Crippen LogP contribution is -2.48. The van der Waals surface area contributed by atoms with Crippen molar-refractivity contribution >= 4 is 9.05 Å². The van der Waals surface area contributed by atoms with Crippen LogP contribution < -0.4 is 0 Å². The Labute approximate surface area is 77.2 Å². The predicted octanol–water partition coefficient (Wildman–Crippen LogP) is 1.03. The van der Waals surface area contributed by atoms with E-state index in [1.807, 2.05) is 0 Å². The van der Waals surface area contributed by atoms with Crippen LogP contribution >= 0.6 is 0 Å². The molecule has 7 heteroatoms. The molecule has 0 aromatic carbocycles. The third kappa shape index (κ3) is 4.63. The minimum Gasteiger partial charge on any atom is -0.355 e. The summed E-state index contributed by atoms with van der Waals surface area (Å²) in [4.78, 5) is 0. The molecule has 1 atom stereocenters. The molecule has 0 amide bonds. The van der Waals surface area contributed by atoms with Gasteiger partial charge in [-0.25, -0.2) is 8.78 Å². The Morgan fingerprint density at radius 1 is 1.15 bits per heavy atom. The van der Waals surface area contributed by atoms with E-state index < -0.39 is 22.6 Å². The Bertz CT molecular complexity index is 121. The van der Waals surface area contributed by atoms with E-state index in [4.69, 9.17) is 13.3 Å². The molecule has 0 aliphatic carbocycles. The van der Waals surface area contributed by atoms with E-state index in [9.17, 15) is 8.78 Å². The number of rotatable bonds is 8. The van der Waals surface area contributed by atoms with Gasteiger partial charge in [0.1, 0.15) is 6.67 Å². The lowest BCUT2D eigenvalue weighted by Gasteiger charge is -2.23. The van der Waals surface area contributed by atoms with Gasteiger partial charge in [-0.05, 0) is 6.92 Å². The average Bonchev–Trinajstić information content (AvgIpc) is 2.15.